The maximum Gasteiger partial charge on any atom is 0.192 e. The van der Waals surface area contributed by atoms with Gasteiger partial charge in [0.15, 0.2) is 6.29 Å². The number of rotatable bonds is 1. The lowest BCUT2D eigenvalue weighted by Crippen LogP contribution is -2.29. The number of hydrogen-bond acceptors (Lipinski definition) is 3. The second-order valence-electron chi connectivity index (χ2n) is 3.56. The van der Waals surface area contributed by atoms with Gasteiger partial charge in [0.25, 0.3) is 0 Å². The van der Waals surface area contributed by atoms with Crippen LogP contribution in [0.5, 0.6) is 0 Å². The van der Waals surface area contributed by atoms with Crippen molar-refractivity contribution >= 4 is 6.29 Å². The molecule has 100 valence electrons. The number of nitrogens with zero attached hydrogens (tertiary/aromatic N) is 1. The third-order valence-corrected chi connectivity index (χ3v) is 2.35. The molecule has 0 bridgehead atoms. The van der Waals surface area contributed by atoms with Gasteiger partial charge in [-0.1, -0.05) is 19.8 Å². The number of aldehydes is 1. The molecule has 0 radical (unpaired) electrons. The highest BCUT2D eigenvalue weighted by Gasteiger charge is 2.13. The monoisotopic (exact) mass is 241 g/mol. The normalized spacial score (nSPS) is 15.4. The second-order valence-corrected chi connectivity index (χ2v) is 3.56. The molecule has 0 atom stereocenters. The Labute approximate surface area is 107 Å². The molecule has 1 saturated heterocycles. The maximum atomic E-state index is 9.93. The SMILES string of the molecule is CC.CCOC.CN1CCC(C#CC=O)CC1. The summed E-state index contributed by atoms with van der Waals surface area (Å²) in [6, 6.07) is 0. The Balaban J connectivity index is 0. The molecule has 1 aliphatic heterocycles. The van der Waals surface area contributed by atoms with Crippen LogP contribution in [0.1, 0.15) is 33.6 Å². The van der Waals surface area contributed by atoms with Crippen molar-refractivity contribution in [3.63, 3.8) is 0 Å². The predicted octanol–water partition coefficient (Wildman–Crippen LogP) is 2.21. The van der Waals surface area contributed by atoms with Crippen molar-refractivity contribution in [2.75, 3.05) is 33.9 Å². The van der Waals surface area contributed by atoms with Crippen molar-refractivity contribution < 1.29 is 9.53 Å². The summed E-state index contributed by atoms with van der Waals surface area (Å²) in [5.74, 6) is 5.89. The van der Waals surface area contributed by atoms with Gasteiger partial charge in [-0.05, 0) is 45.8 Å². The number of methoxy groups -OCH3 is 1. The zero-order valence-corrected chi connectivity index (χ0v) is 12.0. The summed E-state index contributed by atoms with van der Waals surface area (Å²) in [6.07, 6.45) is 2.90. The predicted molar refractivity (Wildman–Crippen MR) is 73.0 cm³/mol. The van der Waals surface area contributed by atoms with E-state index in [4.69, 9.17) is 0 Å². The minimum atomic E-state index is 0.455. The highest BCUT2D eigenvalue weighted by atomic mass is 16.5. The summed E-state index contributed by atoms with van der Waals surface area (Å²) in [4.78, 5) is 12.2. The Kier molecular flexibility index (Phi) is 16.5. The van der Waals surface area contributed by atoms with Gasteiger partial charge in [-0.2, -0.15) is 0 Å². The molecule has 1 aliphatic rings. The highest BCUT2D eigenvalue weighted by Crippen LogP contribution is 2.13. The third kappa shape index (κ3) is 13.1. The third-order valence-electron chi connectivity index (χ3n) is 2.35. The van der Waals surface area contributed by atoms with Gasteiger partial charge in [0, 0.05) is 19.6 Å². The average Bonchev–Trinajstić information content (AvgIpc) is 2.41. The number of likely N-dealkylation sites (tertiary alicyclic amines) is 1. The van der Waals surface area contributed by atoms with Crippen LogP contribution in [0, 0.1) is 17.8 Å². The molecule has 0 aromatic heterocycles. The minimum absolute atomic E-state index is 0.455. The number of piperidine rings is 1. The molecule has 0 unspecified atom stereocenters. The molecule has 1 fully saturated rings. The fraction of sp³-hybridized carbons (Fsp3) is 0.786. The number of carbonyl (C=O) groups is 1. The Hall–Kier alpha value is -0.850. The molecular formula is C14H27NO2. The first-order valence-electron chi connectivity index (χ1n) is 6.36. The molecule has 1 rings (SSSR count). The lowest BCUT2D eigenvalue weighted by atomic mass is 9.98. The molecule has 3 nitrogen and oxygen atoms in total. The van der Waals surface area contributed by atoms with Crippen LogP contribution in [0.25, 0.3) is 0 Å². The number of ether oxygens (including phenoxy) is 1. The Morgan fingerprint density at radius 3 is 2.18 bits per heavy atom. The Morgan fingerprint density at radius 1 is 1.35 bits per heavy atom. The van der Waals surface area contributed by atoms with Gasteiger partial charge in [0.1, 0.15) is 0 Å². The van der Waals surface area contributed by atoms with E-state index < -0.39 is 0 Å². The molecule has 0 N–H and O–H groups in total. The summed E-state index contributed by atoms with van der Waals surface area (Å²) in [5, 5.41) is 0. The van der Waals surface area contributed by atoms with Gasteiger partial charge in [-0.25, -0.2) is 0 Å². The minimum Gasteiger partial charge on any atom is -0.385 e. The molecular weight excluding hydrogens is 214 g/mol. The van der Waals surface area contributed by atoms with Gasteiger partial charge >= 0.3 is 0 Å². The van der Waals surface area contributed by atoms with Crippen LogP contribution in [0.2, 0.25) is 0 Å². The molecule has 0 aromatic carbocycles. The van der Waals surface area contributed by atoms with Crippen LogP contribution in [0.15, 0.2) is 0 Å². The van der Waals surface area contributed by atoms with Crippen molar-refractivity contribution in [1.82, 2.24) is 4.90 Å². The van der Waals surface area contributed by atoms with Crippen molar-refractivity contribution in [2.45, 2.75) is 33.6 Å². The van der Waals surface area contributed by atoms with E-state index >= 15 is 0 Å². The van der Waals surface area contributed by atoms with Gasteiger partial charge < -0.3 is 9.64 Å². The summed E-state index contributed by atoms with van der Waals surface area (Å²) < 4.78 is 4.54. The van der Waals surface area contributed by atoms with E-state index in [1.54, 1.807) is 7.11 Å². The lowest BCUT2D eigenvalue weighted by molar-refractivity contribution is -0.103. The standard InChI is InChI=1S/C9H13NO.C3H8O.C2H6/c1-10-6-4-9(5-7-10)3-2-8-11;1-3-4-2;1-2/h8-9H,4-7H2,1H3;3H2,1-2H3;1-2H3. The van der Waals surface area contributed by atoms with Crippen molar-refractivity contribution in [3.8, 4) is 11.8 Å². The van der Waals surface area contributed by atoms with Gasteiger partial charge in [0.2, 0.25) is 0 Å². The molecule has 0 saturated carbocycles. The highest BCUT2D eigenvalue weighted by molar-refractivity contribution is 5.72. The zero-order valence-electron chi connectivity index (χ0n) is 12.0. The van der Waals surface area contributed by atoms with E-state index in [2.05, 4.69) is 28.5 Å². The van der Waals surface area contributed by atoms with Gasteiger partial charge in [0.05, 0.1) is 0 Å². The summed E-state index contributed by atoms with van der Waals surface area (Å²) >= 11 is 0. The second kappa shape index (κ2) is 15.1. The van der Waals surface area contributed by atoms with Crippen molar-refractivity contribution in [3.05, 3.63) is 0 Å². The Morgan fingerprint density at radius 2 is 1.82 bits per heavy atom. The lowest BCUT2D eigenvalue weighted by Gasteiger charge is -2.25. The van der Waals surface area contributed by atoms with Crippen LogP contribution in [-0.2, 0) is 9.53 Å². The Bertz CT molecular complexity index is 208. The number of hydrogen-bond donors (Lipinski definition) is 0. The van der Waals surface area contributed by atoms with E-state index in [0.717, 1.165) is 32.5 Å². The molecule has 3 heteroatoms. The van der Waals surface area contributed by atoms with E-state index in [1.165, 1.54) is 0 Å². The fourth-order valence-electron chi connectivity index (χ4n) is 1.30. The van der Waals surface area contributed by atoms with E-state index in [9.17, 15) is 4.79 Å². The molecule has 0 aliphatic carbocycles. The fourth-order valence-corrected chi connectivity index (χ4v) is 1.30. The first-order chi connectivity index (χ1) is 8.24. The first-order valence-corrected chi connectivity index (χ1v) is 6.36. The van der Waals surface area contributed by atoms with Gasteiger partial charge in [-0.15, -0.1) is 0 Å². The maximum absolute atomic E-state index is 9.93. The average molecular weight is 241 g/mol. The van der Waals surface area contributed by atoms with E-state index in [1.807, 2.05) is 20.8 Å². The summed E-state index contributed by atoms with van der Waals surface area (Å²) in [6.45, 7) is 9.00. The number of carbonyl (C=O) groups excluding carboxylic acids is 1. The topological polar surface area (TPSA) is 29.5 Å². The van der Waals surface area contributed by atoms with E-state index in [-0.39, 0.29) is 0 Å². The smallest absolute Gasteiger partial charge is 0.192 e. The van der Waals surface area contributed by atoms with E-state index in [0.29, 0.717) is 12.2 Å². The summed E-state index contributed by atoms with van der Waals surface area (Å²) in [7, 11) is 3.80. The molecule has 1 heterocycles. The largest absolute Gasteiger partial charge is 0.385 e. The van der Waals surface area contributed by atoms with Crippen molar-refractivity contribution in [2.24, 2.45) is 5.92 Å². The van der Waals surface area contributed by atoms with Crippen LogP contribution in [-0.4, -0.2) is 45.0 Å². The van der Waals surface area contributed by atoms with Crippen LogP contribution in [0.3, 0.4) is 0 Å². The molecule has 0 amide bonds. The molecule has 17 heavy (non-hydrogen) atoms. The quantitative estimate of drug-likeness (QED) is 0.521. The van der Waals surface area contributed by atoms with Crippen molar-refractivity contribution in [1.29, 1.82) is 0 Å². The molecule has 0 aromatic rings. The first kappa shape index (κ1) is 18.5. The van der Waals surface area contributed by atoms with Crippen LogP contribution >= 0.6 is 0 Å². The zero-order chi connectivity index (χ0) is 13.5. The van der Waals surface area contributed by atoms with Crippen LogP contribution < -0.4 is 0 Å². The summed E-state index contributed by atoms with van der Waals surface area (Å²) in [5.41, 5.74) is 0. The van der Waals surface area contributed by atoms with Crippen LogP contribution in [0.4, 0.5) is 0 Å². The molecule has 0 spiro atoms. The van der Waals surface area contributed by atoms with Gasteiger partial charge in [-0.3, -0.25) is 4.79 Å².